The zero-order chi connectivity index (χ0) is 22.7. The Bertz CT molecular complexity index is 1080. The van der Waals surface area contributed by atoms with Gasteiger partial charge in [0.05, 0.1) is 9.92 Å². The topological polar surface area (TPSA) is 97.2 Å². The Hall–Kier alpha value is -2.04. The number of carbonyl (C=O) groups excluding carboxylic acids is 1. The summed E-state index contributed by atoms with van der Waals surface area (Å²) in [5.74, 6) is 0.959. The first kappa shape index (κ1) is 23.1. The SMILES string of the molecule is O=C(NCCc1nnc2n1CCCCC2)C1CCN(S(=O)(=O)c2ccc(F)c(Cl)c2)CC1. The Morgan fingerprint density at radius 3 is 2.69 bits per heavy atom. The number of aryl methyl sites for hydroxylation is 1. The summed E-state index contributed by atoms with van der Waals surface area (Å²) in [6, 6.07) is 3.38. The van der Waals surface area contributed by atoms with Crippen LogP contribution in [0.25, 0.3) is 0 Å². The molecule has 2 aromatic rings. The first-order valence-corrected chi connectivity index (χ1v) is 12.8. The number of carbonyl (C=O) groups is 1. The fourth-order valence-electron chi connectivity index (χ4n) is 4.32. The summed E-state index contributed by atoms with van der Waals surface area (Å²) in [7, 11) is -3.78. The van der Waals surface area contributed by atoms with Crippen molar-refractivity contribution in [2.75, 3.05) is 19.6 Å². The van der Waals surface area contributed by atoms with E-state index in [0.29, 0.717) is 25.8 Å². The minimum absolute atomic E-state index is 0.0424. The van der Waals surface area contributed by atoms with Gasteiger partial charge in [-0.15, -0.1) is 10.2 Å². The molecule has 2 aliphatic heterocycles. The number of fused-ring (bicyclic) bond motifs is 1. The molecule has 1 saturated heterocycles. The highest BCUT2D eigenvalue weighted by molar-refractivity contribution is 7.89. The van der Waals surface area contributed by atoms with Gasteiger partial charge < -0.3 is 9.88 Å². The second-order valence-electron chi connectivity index (χ2n) is 8.29. The van der Waals surface area contributed by atoms with E-state index in [-0.39, 0.29) is 34.8 Å². The van der Waals surface area contributed by atoms with Gasteiger partial charge in [0, 0.05) is 44.9 Å². The molecule has 11 heteroatoms. The molecule has 3 heterocycles. The van der Waals surface area contributed by atoms with Crippen molar-refractivity contribution < 1.29 is 17.6 Å². The average Bonchev–Trinajstić information content (AvgIpc) is 3.01. The molecule has 0 saturated carbocycles. The molecule has 0 unspecified atom stereocenters. The van der Waals surface area contributed by atoms with Gasteiger partial charge in [0.1, 0.15) is 17.5 Å². The molecule has 1 amide bonds. The van der Waals surface area contributed by atoms with E-state index in [0.717, 1.165) is 49.6 Å². The fourth-order valence-corrected chi connectivity index (χ4v) is 6.06. The summed E-state index contributed by atoms with van der Waals surface area (Å²) in [5, 5.41) is 11.3. The molecule has 1 aromatic carbocycles. The van der Waals surface area contributed by atoms with Crippen molar-refractivity contribution in [1.82, 2.24) is 24.4 Å². The Balaban J connectivity index is 1.27. The molecular weight excluding hydrogens is 457 g/mol. The predicted octanol–water partition coefficient (Wildman–Crippen LogP) is 2.56. The van der Waals surface area contributed by atoms with Crippen LogP contribution >= 0.6 is 11.6 Å². The maximum Gasteiger partial charge on any atom is 0.243 e. The second kappa shape index (κ2) is 9.84. The summed E-state index contributed by atoms with van der Waals surface area (Å²) < 4.78 is 42.5. The van der Waals surface area contributed by atoms with Gasteiger partial charge in [-0.25, -0.2) is 12.8 Å². The number of rotatable bonds is 6. The Kier molecular flexibility index (Phi) is 7.11. The third-order valence-corrected chi connectivity index (χ3v) is 8.37. The maximum atomic E-state index is 13.4. The van der Waals surface area contributed by atoms with Crippen LogP contribution in [-0.4, -0.2) is 53.0 Å². The maximum absolute atomic E-state index is 13.4. The van der Waals surface area contributed by atoms with Crippen LogP contribution in [0.4, 0.5) is 4.39 Å². The van der Waals surface area contributed by atoms with E-state index in [2.05, 4.69) is 20.1 Å². The van der Waals surface area contributed by atoms with E-state index in [1.807, 2.05) is 0 Å². The van der Waals surface area contributed by atoms with Crippen molar-refractivity contribution in [2.45, 2.75) is 56.4 Å². The Labute approximate surface area is 192 Å². The number of sulfonamides is 1. The monoisotopic (exact) mass is 483 g/mol. The number of aromatic nitrogens is 3. The van der Waals surface area contributed by atoms with Crippen LogP contribution < -0.4 is 5.32 Å². The van der Waals surface area contributed by atoms with Crippen molar-refractivity contribution in [3.05, 3.63) is 40.7 Å². The summed E-state index contributed by atoms with van der Waals surface area (Å²) in [4.78, 5) is 12.6. The molecule has 1 N–H and O–H groups in total. The van der Waals surface area contributed by atoms with Gasteiger partial charge in [0.25, 0.3) is 0 Å². The zero-order valence-corrected chi connectivity index (χ0v) is 19.3. The highest BCUT2D eigenvalue weighted by Gasteiger charge is 2.32. The highest BCUT2D eigenvalue weighted by Crippen LogP contribution is 2.26. The van der Waals surface area contributed by atoms with Crippen molar-refractivity contribution in [3.63, 3.8) is 0 Å². The van der Waals surface area contributed by atoms with Crippen molar-refractivity contribution >= 4 is 27.5 Å². The molecule has 8 nitrogen and oxygen atoms in total. The molecule has 0 aliphatic carbocycles. The van der Waals surface area contributed by atoms with E-state index in [9.17, 15) is 17.6 Å². The predicted molar refractivity (Wildman–Crippen MR) is 117 cm³/mol. The summed E-state index contributed by atoms with van der Waals surface area (Å²) in [5.41, 5.74) is 0. The molecule has 0 bridgehead atoms. The first-order valence-electron chi connectivity index (χ1n) is 11.0. The standard InChI is InChI=1S/C21H27ClFN5O3S/c22-17-14-16(5-6-18(17)23)32(30,31)27-12-8-15(9-13-27)21(29)24-10-7-20-26-25-19-4-2-1-3-11-28(19)20/h5-6,14-15H,1-4,7-13H2,(H,24,29). The number of hydrogen-bond donors (Lipinski definition) is 1. The summed E-state index contributed by atoms with van der Waals surface area (Å²) in [6.45, 7) is 1.86. The minimum Gasteiger partial charge on any atom is -0.355 e. The molecular formula is C21H27ClFN5O3S. The normalized spacial score (nSPS) is 18.2. The molecule has 0 radical (unpaired) electrons. The van der Waals surface area contributed by atoms with Crippen LogP contribution in [-0.2, 0) is 34.2 Å². The largest absolute Gasteiger partial charge is 0.355 e. The van der Waals surface area contributed by atoms with Gasteiger partial charge in [-0.3, -0.25) is 4.79 Å². The van der Waals surface area contributed by atoms with Gasteiger partial charge >= 0.3 is 0 Å². The van der Waals surface area contributed by atoms with Crippen LogP contribution in [0.15, 0.2) is 23.1 Å². The Morgan fingerprint density at radius 1 is 1.16 bits per heavy atom. The molecule has 32 heavy (non-hydrogen) atoms. The number of amides is 1. The lowest BCUT2D eigenvalue weighted by atomic mass is 9.97. The lowest BCUT2D eigenvalue weighted by Crippen LogP contribution is -2.43. The lowest BCUT2D eigenvalue weighted by Gasteiger charge is -2.30. The van der Waals surface area contributed by atoms with Crippen LogP contribution in [0, 0.1) is 11.7 Å². The molecule has 4 rings (SSSR count). The van der Waals surface area contributed by atoms with Gasteiger partial charge in [0.2, 0.25) is 15.9 Å². The number of nitrogens with zero attached hydrogens (tertiary/aromatic N) is 4. The molecule has 2 aliphatic rings. The molecule has 0 atom stereocenters. The van der Waals surface area contributed by atoms with E-state index in [1.165, 1.54) is 16.8 Å². The third kappa shape index (κ3) is 4.97. The minimum atomic E-state index is -3.78. The number of nitrogens with one attached hydrogen (secondary N) is 1. The van der Waals surface area contributed by atoms with E-state index >= 15 is 0 Å². The number of hydrogen-bond acceptors (Lipinski definition) is 5. The molecule has 1 aromatic heterocycles. The van der Waals surface area contributed by atoms with Crippen molar-refractivity contribution in [3.8, 4) is 0 Å². The van der Waals surface area contributed by atoms with Gasteiger partial charge in [-0.1, -0.05) is 18.0 Å². The Morgan fingerprint density at radius 2 is 1.94 bits per heavy atom. The zero-order valence-electron chi connectivity index (χ0n) is 17.8. The lowest BCUT2D eigenvalue weighted by molar-refractivity contribution is -0.126. The third-order valence-electron chi connectivity index (χ3n) is 6.19. The molecule has 1 fully saturated rings. The van der Waals surface area contributed by atoms with Crippen LogP contribution in [0.1, 0.15) is 43.8 Å². The van der Waals surface area contributed by atoms with Crippen molar-refractivity contribution in [1.29, 1.82) is 0 Å². The van der Waals surface area contributed by atoms with Crippen LogP contribution in [0.2, 0.25) is 5.02 Å². The van der Waals surface area contributed by atoms with Crippen molar-refractivity contribution in [2.24, 2.45) is 5.92 Å². The van der Waals surface area contributed by atoms with E-state index in [1.54, 1.807) is 0 Å². The summed E-state index contributed by atoms with van der Waals surface area (Å²) >= 11 is 5.74. The van der Waals surface area contributed by atoms with Gasteiger partial charge in [-0.05, 0) is 43.9 Å². The summed E-state index contributed by atoms with van der Waals surface area (Å²) in [6.07, 6.45) is 5.89. The van der Waals surface area contributed by atoms with E-state index in [4.69, 9.17) is 11.6 Å². The number of piperidine rings is 1. The molecule has 174 valence electrons. The second-order valence-corrected chi connectivity index (χ2v) is 10.6. The quantitative estimate of drug-likeness (QED) is 0.681. The van der Waals surface area contributed by atoms with Crippen LogP contribution in [0.5, 0.6) is 0 Å². The van der Waals surface area contributed by atoms with E-state index < -0.39 is 15.8 Å². The van der Waals surface area contributed by atoms with Gasteiger partial charge in [-0.2, -0.15) is 4.31 Å². The smallest absolute Gasteiger partial charge is 0.243 e. The average molecular weight is 484 g/mol. The van der Waals surface area contributed by atoms with Crippen LogP contribution in [0.3, 0.4) is 0 Å². The molecule has 0 spiro atoms. The highest BCUT2D eigenvalue weighted by atomic mass is 35.5. The van der Waals surface area contributed by atoms with Gasteiger partial charge in [0.15, 0.2) is 0 Å². The first-order chi connectivity index (χ1) is 15.4. The fraction of sp³-hybridized carbons (Fsp3) is 0.571. The number of benzene rings is 1. The number of halogens is 2.